The highest BCUT2D eigenvalue weighted by Crippen LogP contribution is 2.12. The summed E-state index contributed by atoms with van der Waals surface area (Å²) in [5.41, 5.74) is 17.2. The summed E-state index contributed by atoms with van der Waals surface area (Å²) in [5.74, 6) is -5.27. The van der Waals surface area contributed by atoms with Gasteiger partial charge in [0.1, 0.15) is 23.9 Å². The van der Waals surface area contributed by atoms with Crippen molar-refractivity contribution in [3.8, 4) is 5.75 Å². The van der Waals surface area contributed by atoms with Gasteiger partial charge >= 0.3 is 11.9 Å². The van der Waals surface area contributed by atoms with Gasteiger partial charge in [-0.05, 0) is 42.9 Å². The molecular formula is C26H41N7O8. The Kier molecular flexibility index (Phi) is 14.6. The summed E-state index contributed by atoms with van der Waals surface area (Å²) in [4.78, 5) is 66.0. The molecule has 41 heavy (non-hydrogen) atoms. The van der Waals surface area contributed by atoms with E-state index in [1.807, 2.05) is 6.92 Å². The Bertz CT molecular complexity index is 1080. The van der Waals surface area contributed by atoms with Gasteiger partial charge in [0, 0.05) is 19.4 Å². The number of carbonyl (C=O) groups excluding carboxylic acids is 3. The normalized spacial score (nSPS) is 14.4. The number of nitrogens with one attached hydrogen (secondary N) is 3. The Morgan fingerprint density at radius 1 is 0.878 bits per heavy atom. The van der Waals surface area contributed by atoms with Crippen LogP contribution in [0, 0.1) is 5.92 Å². The molecule has 0 saturated heterocycles. The van der Waals surface area contributed by atoms with E-state index in [4.69, 9.17) is 22.3 Å². The standard InChI is InChI=1S/C26H41N7O8/c1-3-14(2)21(27)24(39)32-17(5-4-12-30-26(28)29)22(37)31-18(10-11-20(35)36)23(38)33-19(25(40)41)13-15-6-8-16(34)9-7-15/h6-9,14,17-19,21,34H,3-5,10-13,27H2,1-2H3,(H,31,37)(H,32,39)(H,33,38)(H,35,36)(H,40,41)(H4,28,29,30). The van der Waals surface area contributed by atoms with E-state index in [9.17, 15) is 34.2 Å². The summed E-state index contributed by atoms with van der Waals surface area (Å²) in [6, 6.07) is 0.776. The number of hydrogen-bond donors (Lipinski definition) is 9. The molecule has 15 nitrogen and oxygen atoms in total. The van der Waals surface area contributed by atoms with Crippen molar-refractivity contribution >= 4 is 35.6 Å². The number of aliphatic carboxylic acids is 2. The molecule has 15 heteroatoms. The predicted molar refractivity (Wildman–Crippen MR) is 149 cm³/mol. The van der Waals surface area contributed by atoms with Gasteiger partial charge in [-0.2, -0.15) is 0 Å². The Morgan fingerprint density at radius 2 is 1.41 bits per heavy atom. The Morgan fingerprint density at radius 3 is 1.93 bits per heavy atom. The van der Waals surface area contributed by atoms with Gasteiger partial charge in [-0.1, -0.05) is 32.4 Å². The number of nitrogens with two attached hydrogens (primary N) is 3. The molecule has 0 aliphatic heterocycles. The van der Waals surface area contributed by atoms with Gasteiger partial charge in [0.25, 0.3) is 0 Å². The lowest BCUT2D eigenvalue weighted by Gasteiger charge is -2.26. The average molecular weight is 580 g/mol. The molecule has 0 aliphatic carbocycles. The zero-order chi connectivity index (χ0) is 31.1. The predicted octanol–water partition coefficient (Wildman–Crippen LogP) is -1.23. The van der Waals surface area contributed by atoms with Crippen molar-refractivity contribution in [1.29, 1.82) is 0 Å². The highest BCUT2D eigenvalue weighted by atomic mass is 16.4. The lowest BCUT2D eigenvalue weighted by atomic mass is 9.98. The zero-order valence-corrected chi connectivity index (χ0v) is 23.2. The van der Waals surface area contributed by atoms with Crippen LogP contribution in [-0.2, 0) is 30.4 Å². The van der Waals surface area contributed by atoms with Crippen LogP contribution in [0.4, 0.5) is 0 Å². The molecule has 1 rings (SSSR count). The van der Waals surface area contributed by atoms with Gasteiger partial charge in [-0.3, -0.25) is 24.2 Å². The fourth-order valence-electron chi connectivity index (χ4n) is 3.70. The van der Waals surface area contributed by atoms with Crippen LogP contribution in [0.1, 0.15) is 51.5 Å². The maximum Gasteiger partial charge on any atom is 0.326 e. The fraction of sp³-hybridized carbons (Fsp3) is 0.538. The van der Waals surface area contributed by atoms with Crippen LogP contribution in [0.15, 0.2) is 29.3 Å². The topological polar surface area (TPSA) is 273 Å². The molecule has 0 aromatic heterocycles. The van der Waals surface area contributed by atoms with Crippen LogP contribution >= 0.6 is 0 Å². The molecule has 0 spiro atoms. The van der Waals surface area contributed by atoms with Crippen molar-refractivity contribution in [3.63, 3.8) is 0 Å². The van der Waals surface area contributed by atoms with Gasteiger partial charge in [0.05, 0.1) is 6.04 Å². The Labute approximate surface area is 237 Å². The van der Waals surface area contributed by atoms with Crippen molar-refractivity contribution in [2.24, 2.45) is 28.1 Å². The lowest BCUT2D eigenvalue weighted by Crippen LogP contribution is -2.57. The third-order valence-electron chi connectivity index (χ3n) is 6.41. The Balaban J connectivity index is 3.11. The van der Waals surface area contributed by atoms with E-state index in [-0.39, 0.29) is 49.9 Å². The number of nitrogens with zero attached hydrogens (tertiary/aromatic N) is 1. The highest BCUT2D eigenvalue weighted by molar-refractivity contribution is 5.94. The minimum absolute atomic E-state index is 0.0221. The SMILES string of the molecule is CCC(C)C(N)C(=O)NC(CCCN=C(N)N)C(=O)NC(CCC(=O)O)C(=O)NC(Cc1ccc(O)cc1)C(=O)O. The molecule has 228 valence electrons. The first-order valence-electron chi connectivity index (χ1n) is 13.2. The number of phenolic OH excluding ortho intramolecular Hbond substituents is 1. The first-order chi connectivity index (χ1) is 19.2. The minimum Gasteiger partial charge on any atom is -0.508 e. The van der Waals surface area contributed by atoms with Crippen LogP contribution in [0.3, 0.4) is 0 Å². The number of aromatic hydroxyl groups is 1. The van der Waals surface area contributed by atoms with Gasteiger partial charge in [0.2, 0.25) is 17.7 Å². The van der Waals surface area contributed by atoms with Crippen molar-refractivity contribution in [3.05, 3.63) is 29.8 Å². The van der Waals surface area contributed by atoms with Crippen molar-refractivity contribution in [2.75, 3.05) is 6.54 Å². The quantitative estimate of drug-likeness (QED) is 0.0564. The molecule has 5 atom stereocenters. The number of hydrogen-bond acceptors (Lipinski definition) is 8. The minimum atomic E-state index is -1.43. The first-order valence-corrected chi connectivity index (χ1v) is 13.2. The van der Waals surface area contributed by atoms with Crippen LogP contribution in [-0.4, -0.2) is 81.7 Å². The maximum atomic E-state index is 13.3. The smallest absolute Gasteiger partial charge is 0.326 e. The van der Waals surface area contributed by atoms with E-state index in [1.165, 1.54) is 24.3 Å². The summed E-state index contributed by atoms with van der Waals surface area (Å²) in [6.07, 6.45) is -0.0455. The molecule has 0 fully saturated rings. The number of phenols is 1. The second-order valence-corrected chi connectivity index (χ2v) is 9.68. The van der Waals surface area contributed by atoms with Crippen molar-refractivity contribution in [1.82, 2.24) is 16.0 Å². The number of carbonyl (C=O) groups is 5. The number of benzene rings is 1. The molecule has 3 amide bonds. The average Bonchev–Trinajstić information content (AvgIpc) is 2.91. The van der Waals surface area contributed by atoms with Crippen LogP contribution in [0.5, 0.6) is 5.75 Å². The largest absolute Gasteiger partial charge is 0.508 e. The summed E-state index contributed by atoms with van der Waals surface area (Å²) in [6.45, 7) is 3.79. The van der Waals surface area contributed by atoms with E-state index in [1.54, 1.807) is 6.92 Å². The summed E-state index contributed by atoms with van der Waals surface area (Å²) in [5, 5.41) is 35.6. The second-order valence-electron chi connectivity index (χ2n) is 9.68. The van der Waals surface area contributed by atoms with Crippen LogP contribution in [0.25, 0.3) is 0 Å². The number of carboxylic acids is 2. The van der Waals surface area contributed by atoms with E-state index >= 15 is 0 Å². The van der Waals surface area contributed by atoms with Crippen molar-refractivity contribution < 1.29 is 39.3 Å². The number of rotatable bonds is 18. The fourth-order valence-corrected chi connectivity index (χ4v) is 3.70. The molecule has 5 unspecified atom stereocenters. The van der Waals surface area contributed by atoms with Gasteiger partial charge in [-0.25, -0.2) is 4.79 Å². The number of amides is 3. The number of carboxylic acid groups (broad SMARTS) is 2. The summed E-state index contributed by atoms with van der Waals surface area (Å²) < 4.78 is 0. The molecular weight excluding hydrogens is 538 g/mol. The summed E-state index contributed by atoms with van der Waals surface area (Å²) >= 11 is 0. The van der Waals surface area contributed by atoms with Crippen LogP contribution < -0.4 is 33.2 Å². The third-order valence-corrected chi connectivity index (χ3v) is 6.41. The second kappa shape index (κ2) is 17.3. The van der Waals surface area contributed by atoms with Gasteiger partial charge in [0.15, 0.2) is 5.96 Å². The maximum absolute atomic E-state index is 13.3. The molecule has 0 heterocycles. The molecule has 0 radical (unpaired) electrons. The van der Waals surface area contributed by atoms with Gasteiger partial charge in [-0.15, -0.1) is 0 Å². The number of aliphatic imine (C=N–C) groups is 1. The van der Waals surface area contributed by atoms with E-state index in [0.29, 0.717) is 12.0 Å². The molecule has 0 saturated carbocycles. The monoisotopic (exact) mass is 579 g/mol. The Hall–Kier alpha value is -4.40. The molecule has 0 bridgehead atoms. The lowest BCUT2D eigenvalue weighted by molar-refractivity contribution is -0.143. The molecule has 12 N–H and O–H groups in total. The molecule has 1 aromatic rings. The van der Waals surface area contributed by atoms with Crippen LogP contribution in [0.2, 0.25) is 0 Å². The highest BCUT2D eigenvalue weighted by Gasteiger charge is 2.31. The van der Waals surface area contributed by atoms with E-state index in [2.05, 4.69) is 20.9 Å². The zero-order valence-electron chi connectivity index (χ0n) is 23.2. The molecule has 0 aliphatic rings. The number of guanidine groups is 1. The van der Waals surface area contributed by atoms with E-state index < -0.39 is 60.2 Å². The first kappa shape index (κ1) is 34.6. The van der Waals surface area contributed by atoms with E-state index in [0.717, 1.165) is 0 Å². The molecule has 1 aromatic carbocycles. The van der Waals surface area contributed by atoms with Crippen molar-refractivity contribution in [2.45, 2.75) is 76.5 Å². The van der Waals surface area contributed by atoms with Gasteiger partial charge < -0.3 is 48.5 Å². The summed E-state index contributed by atoms with van der Waals surface area (Å²) in [7, 11) is 0. The third kappa shape index (κ3) is 13.0.